The van der Waals surface area contributed by atoms with Crippen molar-refractivity contribution >= 4 is 37.8 Å². The first-order valence-electron chi connectivity index (χ1n) is 3.96. The third-order valence-corrected chi connectivity index (χ3v) is 3.47. The van der Waals surface area contributed by atoms with Gasteiger partial charge in [-0.05, 0) is 49.6 Å². The maximum Gasteiger partial charge on any atom is 0.317 e. The number of carboxylic acids is 1. The molecule has 0 atom stereocenters. The Morgan fingerprint density at radius 2 is 2.07 bits per heavy atom. The molecule has 0 unspecified atom stereocenters. The number of carboxylic acid groups (broad SMARTS) is 1. The zero-order valence-corrected chi connectivity index (χ0v) is 10.4. The van der Waals surface area contributed by atoms with Crippen LogP contribution in [0.15, 0.2) is 27.1 Å². The Morgan fingerprint density at radius 1 is 1.36 bits per heavy atom. The Labute approximate surface area is 98.8 Å². The molecule has 2 N–H and O–H groups in total. The maximum absolute atomic E-state index is 10.2. The fraction of sp³-hybridized carbons (Fsp3) is 0.222. The normalized spacial score (nSPS) is 10.1. The van der Waals surface area contributed by atoms with E-state index in [0.29, 0.717) is 6.54 Å². The first kappa shape index (κ1) is 11.7. The number of aliphatic carboxylic acids is 1. The predicted molar refractivity (Wildman–Crippen MR) is 61.2 cm³/mol. The van der Waals surface area contributed by atoms with Crippen molar-refractivity contribution in [1.29, 1.82) is 0 Å². The van der Waals surface area contributed by atoms with Crippen molar-refractivity contribution in [3.8, 4) is 0 Å². The molecule has 1 aromatic carbocycles. The maximum atomic E-state index is 10.2. The summed E-state index contributed by atoms with van der Waals surface area (Å²) in [7, 11) is 0. The summed E-state index contributed by atoms with van der Waals surface area (Å²) in [6.07, 6.45) is 0. The van der Waals surface area contributed by atoms with Crippen molar-refractivity contribution in [1.82, 2.24) is 5.32 Å². The van der Waals surface area contributed by atoms with Gasteiger partial charge in [0.2, 0.25) is 0 Å². The van der Waals surface area contributed by atoms with Gasteiger partial charge < -0.3 is 10.4 Å². The molecule has 5 heteroatoms. The molecule has 0 fully saturated rings. The van der Waals surface area contributed by atoms with Crippen molar-refractivity contribution in [3.63, 3.8) is 0 Å². The summed E-state index contributed by atoms with van der Waals surface area (Å²) >= 11 is 6.74. The van der Waals surface area contributed by atoms with Gasteiger partial charge in [-0.25, -0.2) is 0 Å². The van der Waals surface area contributed by atoms with Gasteiger partial charge in [0.25, 0.3) is 0 Å². The average molecular weight is 323 g/mol. The van der Waals surface area contributed by atoms with E-state index >= 15 is 0 Å². The van der Waals surface area contributed by atoms with E-state index in [2.05, 4.69) is 37.2 Å². The second kappa shape index (κ2) is 5.48. The topological polar surface area (TPSA) is 49.3 Å². The lowest BCUT2D eigenvalue weighted by atomic mass is 10.2. The molecule has 0 aliphatic rings. The minimum absolute atomic E-state index is 0.0202. The third-order valence-electron chi connectivity index (χ3n) is 1.59. The number of hydrogen-bond donors (Lipinski definition) is 2. The van der Waals surface area contributed by atoms with Gasteiger partial charge in [-0.2, -0.15) is 0 Å². The predicted octanol–water partition coefficient (Wildman–Crippen LogP) is 2.39. The van der Waals surface area contributed by atoms with Gasteiger partial charge in [0.05, 0.1) is 6.54 Å². The monoisotopic (exact) mass is 321 g/mol. The highest BCUT2D eigenvalue weighted by atomic mass is 79.9. The summed E-state index contributed by atoms with van der Waals surface area (Å²) < 4.78 is 1.95. The van der Waals surface area contributed by atoms with E-state index in [0.717, 1.165) is 14.5 Å². The molecule has 0 aromatic heterocycles. The van der Waals surface area contributed by atoms with Crippen LogP contribution < -0.4 is 5.32 Å². The van der Waals surface area contributed by atoms with E-state index in [4.69, 9.17) is 5.11 Å². The Hall–Kier alpha value is -0.390. The van der Waals surface area contributed by atoms with Gasteiger partial charge >= 0.3 is 5.97 Å². The van der Waals surface area contributed by atoms with Gasteiger partial charge in [-0.3, -0.25) is 4.79 Å². The molecule has 0 heterocycles. The molecule has 0 aliphatic heterocycles. The molecular formula is C9H9Br2NO2. The fourth-order valence-electron chi connectivity index (χ4n) is 0.963. The van der Waals surface area contributed by atoms with E-state index in [1.54, 1.807) is 0 Å². The Bertz CT molecular complexity index is 342. The molecule has 76 valence electrons. The number of hydrogen-bond acceptors (Lipinski definition) is 2. The summed E-state index contributed by atoms with van der Waals surface area (Å²) in [4.78, 5) is 10.2. The SMILES string of the molecule is O=C(O)CNCc1ccc(Br)c(Br)c1. The summed E-state index contributed by atoms with van der Waals surface area (Å²) in [5.41, 5.74) is 1.04. The number of nitrogens with one attached hydrogen (secondary N) is 1. The molecule has 0 saturated carbocycles. The highest BCUT2D eigenvalue weighted by molar-refractivity contribution is 9.13. The molecule has 0 radical (unpaired) electrons. The van der Waals surface area contributed by atoms with Crippen molar-refractivity contribution in [2.45, 2.75) is 6.54 Å². The molecular weight excluding hydrogens is 314 g/mol. The quantitative estimate of drug-likeness (QED) is 0.895. The van der Waals surface area contributed by atoms with Gasteiger partial charge in [-0.1, -0.05) is 6.07 Å². The van der Waals surface area contributed by atoms with Crippen molar-refractivity contribution in [3.05, 3.63) is 32.7 Å². The standard InChI is InChI=1S/C9H9Br2NO2/c10-7-2-1-6(3-8(7)11)4-12-5-9(13)14/h1-3,12H,4-5H2,(H,13,14). The van der Waals surface area contributed by atoms with Gasteiger partial charge in [0.1, 0.15) is 0 Å². The van der Waals surface area contributed by atoms with E-state index < -0.39 is 5.97 Å². The number of benzene rings is 1. The molecule has 0 spiro atoms. The molecule has 14 heavy (non-hydrogen) atoms. The molecule has 0 saturated heterocycles. The molecule has 0 bridgehead atoms. The number of carbonyl (C=O) groups is 1. The Balaban J connectivity index is 2.51. The summed E-state index contributed by atoms with van der Waals surface area (Å²) in [5, 5.41) is 11.2. The van der Waals surface area contributed by atoms with Crippen LogP contribution in [0.2, 0.25) is 0 Å². The lowest BCUT2D eigenvalue weighted by molar-refractivity contribution is -0.135. The van der Waals surface area contributed by atoms with Crippen LogP contribution in [0, 0.1) is 0 Å². The fourth-order valence-corrected chi connectivity index (χ4v) is 1.64. The van der Waals surface area contributed by atoms with Crippen molar-refractivity contribution in [2.24, 2.45) is 0 Å². The highest BCUT2D eigenvalue weighted by Gasteiger charge is 1.99. The first-order valence-corrected chi connectivity index (χ1v) is 5.54. The second-order valence-corrected chi connectivity index (χ2v) is 4.45. The van der Waals surface area contributed by atoms with E-state index in [1.807, 2.05) is 18.2 Å². The molecule has 0 amide bonds. The van der Waals surface area contributed by atoms with Crippen molar-refractivity contribution in [2.75, 3.05) is 6.54 Å². The summed E-state index contributed by atoms with van der Waals surface area (Å²) in [5.74, 6) is -0.846. The largest absolute Gasteiger partial charge is 0.480 e. The van der Waals surface area contributed by atoms with E-state index in [9.17, 15) is 4.79 Å². The molecule has 0 aliphatic carbocycles. The lowest BCUT2D eigenvalue weighted by Gasteiger charge is -2.03. The number of rotatable bonds is 4. The lowest BCUT2D eigenvalue weighted by Crippen LogP contribution is -2.21. The van der Waals surface area contributed by atoms with Crippen LogP contribution in [-0.2, 0) is 11.3 Å². The second-order valence-electron chi connectivity index (χ2n) is 2.75. The van der Waals surface area contributed by atoms with Crippen LogP contribution in [-0.4, -0.2) is 17.6 Å². The Kier molecular flexibility index (Phi) is 4.57. The van der Waals surface area contributed by atoms with Gasteiger partial charge in [-0.15, -0.1) is 0 Å². The number of halogens is 2. The van der Waals surface area contributed by atoms with Gasteiger partial charge in [0.15, 0.2) is 0 Å². The van der Waals surface area contributed by atoms with Crippen LogP contribution in [0.5, 0.6) is 0 Å². The highest BCUT2D eigenvalue weighted by Crippen LogP contribution is 2.23. The van der Waals surface area contributed by atoms with E-state index in [1.165, 1.54) is 0 Å². The van der Waals surface area contributed by atoms with Crippen LogP contribution in [0.1, 0.15) is 5.56 Å². The average Bonchev–Trinajstić information content (AvgIpc) is 2.10. The van der Waals surface area contributed by atoms with Crippen molar-refractivity contribution < 1.29 is 9.90 Å². The first-order chi connectivity index (χ1) is 6.59. The third kappa shape index (κ3) is 3.77. The summed E-state index contributed by atoms with van der Waals surface area (Å²) in [6, 6.07) is 5.80. The minimum atomic E-state index is -0.846. The summed E-state index contributed by atoms with van der Waals surface area (Å²) in [6.45, 7) is 0.534. The molecule has 1 aromatic rings. The van der Waals surface area contributed by atoms with Crippen LogP contribution in [0.4, 0.5) is 0 Å². The van der Waals surface area contributed by atoms with E-state index in [-0.39, 0.29) is 6.54 Å². The smallest absolute Gasteiger partial charge is 0.317 e. The molecule has 1 rings (SSSR count). The Morgan fingerprint density at radius 3 is 2.64 bits per heavy atom. The molecule has 3 nitrogen and oxygen atoms in total. The zero-order valence-electron chi connectivity index (χ0n) is 7.26. The van der Waals surface area contributed by atoms with Gasteiger partial charge in [0, 0.05) is 15.5 Å². The van der Waals surface area contributed by atoms with Crippen LogP contribution in [0.3, 0.4) is 0 Å². The van der Waals surface area contributed by atoms with Crippen LogP contribution in [0.25, 0.3) is 0 Å². The zero-order chi connectivity index (χ0) is 10.6. The minimum Gasteiger partial charge on any atom is -0.480 e. The van der Waals surface area contributed by atoms with Crippen LogP contribution >= 0.6 is 31.9 Å².